The van der Waals surface area contributed by atoms with E-state index in [9.17, 15) is 14.0 Å². The quantitative estimate of drug-likeness (QED) is 0.557. The molecule has 3 aromatic carbocycles. The number of likely N-dealkylation sites (tertiary alicyclic amines) is 2. The zero-order valence-electron chi connectivity index (χ0n) is 19.4. The predicted molar refractivity (Wildman–Crippen MR) is 130 cm³/mol. The summed E-state index contributed by atoms with van der Waals surface area (Å²) in [6.45, 7) is 0.904. The van der Waals surface area contributed by atoms with Crippen molar-refractivity contribution in [2.75, 3.05) is 20.1 Å². The van der Waals surface area contributed by atoms with E-state index in [0.717, 1.165) is 29.5 Å². The summed E-state index contributed by atoms with van der Waals surface area (Å²) in [6, 6.07) is 26.3. The first-order valence-corrected chi connectivity index (χ1v) is 11.9. The summed E-state index contributed by atoms with van der Waals surface area (Å²) < 4.78 is 14.2. The van der Waals surface area contributed by atoms with Gasteiger partial charge in [-0.15, -0.1) is 0 Å². The molecule has 34 heavy (non-hydrogen) atoms. The Balaban J connectivity index is 1.55. The number of amides is 2. The molecule has 0 aromatic heterocycles. The van der Waals surface area contributed by atoms with Crippen LogP contribution in [0, 0.1) is 5.82 Å². The minimum atomic E-state index is -0.531. The Morgan fingerprint density at radius 1 is 0.971 bits per heavy atom. The average Bonchev–Trinajstić information content (AvgIpc) is 3.24. The van der Waals surface area contributed by atoms with Crippen LogP contribution in [0.1, 0.15) is 47.8 Å². The number of nitrogens with zero attached hydrogens (tertiary/aromatic N) is 2. The number of carbonyl (C=O) groups excluding carboxylic acids is 2. The van der Waals surface area contributed by atoms with E-state index in [0.29, 0.717) is 19.5 Å². The molecule has 0 radical (unpaired) electrons. The van der Waals surface area contributed by atoms with Crippen LogP contribution in [0.4, 0.5) is 4.39 Å². The second-order valence-corrected chi connectivity index (χ2v) is 9.49. The van der Waals surface area contributed by atoms with Gasteiger partial charge in [-0.1, -0.05) is 72.8 Å². The summed E-state index contributed by atoms with van der Waals surface area (Å²) in [5, 5.41) is 0. The largest absolute Gasteiger partial charge is 0.339 e. The molecule has 0 bridgehead atoms. The highest BCUT2D eigenvalue weighted by molar-refractivity contribution is 5.88. The summed E-state index contributed by atoms with van der Waals surface area (Å²) in [5.41, 5.74) is 2.19. The fourth-order valence-electron chi connectivity index (χ4n) is 5.88. The molecule has 5 heteroatoms. The third-order valence-electron chi connectivity index (χ3n) is 7.63. The molecular formula is C29H29FN2O2. The van der Waals surface area contributed by atoms with E-state index in [2.05, 4.69) is 0 Å². The van der Waals surface area contributed by atoms with E-state index in [1.807, 2.05) is 83.6 Å². The van der Waals surface area contributed by atoms with Crippen molar-refractivity contribution in [2.45, 2.75) is 36.6 Å². The molecule has 4 nitrogen and oxygen atoms in total. The fourth-order valence-corrected chi connectivity index (χ4v) is 5.88. The Morgan fingerprint density at radius 3 is 2.24 bits per heavy atom. The lowest BCUT2D eigenvalue weighted by Crippen LogP contribution is -2.57. The smallest absolute Gasteiger partial charge is 0.234 e. The van der Waals surface area contributed by atoms with Crippen LogP contribution in [0.2, 0.25) is 0 Å². The first-order chi connectivity index (χ1) is 16.5. The molecular weight excluding hydrogens is 427 g/mol. The van der Waals surface area contributed by atoms with Gasteiger partial charge in [0, 0.05) is 32.5 Å². The van der Waals surface area contributed by atoms with E-state index in [1.54, 1.807) is 12.1 Å². The number of rotatable bonds is 4. The third-order valence-corrected chi connectivity index (χ3v) is 7.63. The average molecular weight is 457 g/mol. The van der Waals surface area contributed by atoms with Crippen molar-refractivity contribution in [3.63, 3.8) is 0 Å². The lowest BCUT2D eigenvalue weighted by atomic mass is 9.75. The molecule has 0 unspecified atom stereocenters. The monoisotopic (exact) mass is 456 g/mol. The van der Waals surface area contributed by atoms with Crippen LogP contribution in [0.3, 0.4) is 0 Å². The molecule has 2 aliphatic rings. The zero-order valence-corrected chi connectivity index (χ0v) is 19.4. The first kappa shape index (κ1) is 22.3. The number of carbonyl (C=O) groups is 2. The van der Waals surface area contributed by atoms with Crippen molar-refractivity contribution in [1.29, 1.82) is 0 Å². The number of benzene rings is 3. The van der Waals surface area contributed by atoms with Gasteiger partial charge in [0.1, 0.15) is 5.82 Å². The van der Waals surface area contributed by atoms with Crippen LogP contribution in [0.5, 0.6) is 0 Å². The number of halogens is 1. The maximum Gasteiger partial charge on any atom is 0.234 e. The second-order valence-electron chi connectivity index (χ2n) is 9.49. The molecule has 0 aliphatic carbocycles. The van der Waals surface area contributed by atoms with Gasteiger partial charge in [0.15, 0.2) is 0 Å². The van der Waals surface area contributed by atoms with Gasteiger partial charge in [-0.25, -0.2) is 4.39 Å². The van der Waals surface area contributed by atoms with Gasteiger partial charge in [-0.3, -0.25) is 9.59 Å². The summed E-state index contributed by atoms with van der Waals surface area (Å²) in [7, 11) is 1.84. The minimum absolute atomic E-state index is 0.0158. The number of piperidine rings is 1. The molecule has 2 atom stereocenters. The lowest BCUT2D eigenvalue weighted by molar-refractivity contribution is -0.141. The first-order valence-electron chi connectivity index (χ1n) is 11.9. The van der Waals surface area contributed by atoms with Gasteiger partial charge < -0.3 is 9.80 Å². The van der Waals surface area contributed by atoms with Crippen molar-refractivity contribution in [2.24, 2.45) is 0 Å². The van der Waals surface area contributed by atoms with Gasteiger partial charge in [0.2, 0.25) is 11.8 Å². The normalized spacial score (nSPS) is 22.6. The Hall–Kier alpha value is -3.47. The molecule has 2 heterocycles. The zero-order chi connectivity index (χ0) is 23.7. The molecule has 2 fully saturated rings. The third kappa shape index (κ3) is 3.89. The number of hydrogen-bond acceptors (Lipinski definition) is 2. The summed E-state index contributed by atoms with van der Waals surface area (Å²) >= 11 is 0. The minimum Gasteiger partial charge on any atom is -0.339 e. The summed E-state index contributed by atoms with van der Waals surface area (Å²) in [6.07, 6.45) is 2.08. The maximum absolute atomic E-state index is 14.2. The van der Waals surface area contributed by atoms with Crippen molar-refractivity contribution in [1.82, 2.24) is 9.80 Å². The van der Waals surface area contributed by atoms with E-state index < -0.39 is 11.5 Å². The highest BCUT2D eigenvalue weighted by atomic mass is 19.1. The highest BCUT2D eigenvalue weighted by Crippen LogP contribution is 2.46. The van der Waals surface area contributed by atoms with Crippen LogP contribution in [0.25, 0.3) is 0 Å². The molecule has 5 rings (SSSR count). The fraction of sp³-hybridized carbons (Fsp3) is 0.310. The van der Waals surface area contributed by atoms with Crippen LogP contribution >= 0.6 is 0 Å². The molecule has 2 aliphatic heterocycles. The highest BCUT2D eigenvalue weighted by Gasteiger charge is 2.54. The standard InChI is InChI=1S/C29H29FN2O2/c1-31-26(33)16-9-17-29(31)20-32(19-25(29)23-14-8-15-24(30)18-23)28(34)27(21-10-4-2-5-11-21)22-12-6-3-7-13-22/h2-8,10-15,18,25,27H,9,16-17,19-20H2,1H3/t25-,29+/m0/s1. The molecule has 2 saturated heterocycles. The molecule has 0 saturated carbocycles. The van der Waals surface area contributed by atoms with Crippen LogP contribution < -0.4 is 0 Å². The van der Waals surface area contributed by atoms with Crippen molar-refractivity contribution >= 4 is 11.8 Å². The Morgan fingerprint density at radius 2 is 1.62 bits per heavy atom. The SMILES string of the molecule is CN1C(=O)CCC[C@]12CN(C(=O)C(c1ccccc1)c1ccccc1)C[C@H]2c1cccc(F)c1. The molecule has 3 aromatic rings. The van der Waals surface area contributed by atoms with E-state index in [1.165, 1.54) is 6.07 Å². The van der Waals surface area contributed by atoms with Gasteiger partial charge in [-0.2, -0.15) is 0 Å². The van der Waals surface area contributed by atoms with Crippen LogP contribution in [-0.4, -0.2) is 47.3 Å². The van der Waals surface area contributed by atoms with E-state index in [-0.39, 0.29) is 23.5 Å². The van der Waals surface area contributed by atoms with E-state index in [4.69, 9.17) is 0 Å². The number of likely N-dealkylation sites (N-methyl/N-ethyl adjacent to an activating group) is 1. The maximum atomic E-state index is 14.2. The number of hydrogen-bond donors (Lipinski definition) is 0. The van der Waals surface area contributed by atoms with Crippen molar-refractivity contribution in [3.05, 3.63) is 107 Å². The molecule has 2 amide bonds. The van der Waals surface area contributed by atoms with Crippen molar-refractivity contribution < 1.29 is 14.0 Å². The Labute approximate surface area is 200 Å². The lowest BCUT2D eigenvalue weighted by Gasteiger charge is -2.46. The van der Waals surface area contributed by atoms with Crippen molar-refractivity contribution in [3.8, 4) is 0 Å². The Bertz CT molecular complexity index is 1140. The van der Waals surface area contributed by atoms with Crippen LogP contribution in [-0.2, 0) is 9.59 Å². The van der Waals surface area contributed by atoms with Gasteiger partial charge in [-0.05, 0) is 41.7 Å². The van der Waals surface area contributed by atoms with Gasteiger partial charge >= 0.3 is 0 Å². The predicted octanol–water partition coefficient (Wildman–Crippen LogP) is 4.96. The summed E-state index contributed by atoms with van der Waals surface area (Å²) in [5.74, 6) is -0.774. The molecule has 1 spiro atoms. The topological polar surface area (TPSA) is 40.6 Å². The van der Waals surface area contributed by atoms with Gasteiger partial charge in [0.05, 0.1) is 11.5 Å². The summed E-state index contributed by atoms with van der Waals surface area (Å²) in [4.78, 5) is 30.7. The van der Waals surface area contributed by atoms with Crippen LogP contribution in [0.15, 0.2) is 84.9 Å². The molecule has 174 valence electrons. The molecule has 0 N–H and O–H groups in total. The Kier molecular flexibility index (Phi) is 5.94. The van der Waals surface area contributed by atoms with Gasteiger partial charge in [0.25, 0.3) is 0 Å². The van der Waals surface area contributed by atoms with E-state index >= 15 is 0 Å². The second kappa shape index (κ2) is 9.05.